The Balaban J connectivity index is 1.42. The van der Waals surface area contributed by atoms with Gasteiger partial charge in [-0.3, -0.25) is 4.79 Å². The van der Waals surface area contributed by atoms with Crippen LogP contribution in [0.15, 0.2) is 18.5 Å². The minimum Gasteiger partial charge on any atom is -0.381 e. The van der Waals surface area contributed by atoms with Gasteiger partial charge in [-0.1, -0.05) is 0 Å². The van der Waals surface area contributed by atoms with E-state index in [9.17, 15) is 4.79 Å². The molecule has 6 heteroatoms. The molecule has 3 aliphatic rings. The number of nitrogens with zero attached hydrogens (tertiary/aromatic N) is 4. The van der Waals surface area contributed by atoms with Gasteiger partial charge in [0.05, 0.1) is 13.2 Å². The number of anilines is 1. The molecule has 0 radical (unpaired) electrons. The van der Waals surface area contributed by atoms with Crippen LogP contribution in [0.4, 0.5) is 5.95 Å². The van der Waals surface area contributed by atoms with E-state index in [0.717, 1.165) is 51.6 Å². The van der Waals surface area contributed by atoms with E-state index in [1.165, 1.54) is 0 Å². The number of fused-ring (bicyclic) bond motifs is 1. The molecule has 0 saturated carbocycles. The van der Waals surface area contributed by atoms with Crippen molar-refractivity contribution in [2.75, 3.05) is 44.3 Å². The van der Waals surface area contributed by atoms with E-state index in [-0.39, 0.29) is 0 Å². The highest BCUT2D eigenvalue weighted by atomic mass is 16.5. The summed E-state index contributed by atoms with van der Waals surface area (Å²) in [4.78, 5) is 25.5. The first-order chi connectivity index (χ1) is 11.3. The van der Waals surface area contributed by atoms with Crippen LogP contribution in [-0.4, -0.2) is 60.2 Å². The molecular weight excluding hydrogens is 292 g/mol. The molecule has 6 nitrogen and oxygen atoms in total. The highest BCUT2D eigenvalue weighted by Crippen LogP contribution is 2.37. The van der Waals surface area contributed by atoms with Crippen molar-refractivity contribution in [1.82, 2.24) is 14.9 Å². The van der Waals surface area contributed by atoms with E-state index >= 15 is 0 Å². The number of rotatable bonds is 3. The fourth-order valence-corrected chi connectivity index (χ4v) is 4.25. The molecule has 3 atom stereocenters. The van der Waals surface area contributed by atoms with Crippen molar-refractivity contribution in [3.63, 3.8) is 0 Å². The second kappa shape index (κ2) is 6.43. The highest BCUT2D eigenvalue weighted by molar-refractivity contribution is 5.76. The van der Waals surface area contributed by atoms with E-state index < -0.39 is 0 Å². The number of carbonyl (C=O) groups is 1. The van der Waals surface area contributed by atoms with Crippen LogP contribution < -0.4 is 4.90 Å². The molecule has 0 aliphatic carbocycles. The monoisotopic (exact) mass is 316 g/mol. The summed E-state index contributed by atoms with van der Waals surface area (Å²) in [6.45, 7) is 5.25. The molecule has 23 heavy (non-hydrogen) atoms. The Kier molecular flexibility index (Phi) is 4.16. The SMILES string of the molecule is O=C(C[C@@H]1COC[C@H]2CN(c3ncccn3)C[C@@H]12)N1CCCC1. The Morgan fingerprint density at radius 1 is 1.17 bits per heavy atom. The molecule has 0 N–H and O–H groups in total. The maximum atomic E-state index is 12.5. The van der Waals surface area contributed by atoms with E-state index in [1.54, 1.807) is 12.4 Å². The summed E-state index contributed by atoms with van der Waals surface area (Å²) in [6.07, 6.45) is 6.51. The maximum Gasteiger partial charge on any atom is 0.225 e. The molecule has 3 saturated heterocycles. The molecule has 1 aromatic heterocycles. The fraction of sp³-hybridized carbons (Fsp3) is 0.706. The summed E-state index contributed by atoms with van der Waals surface area (Å²) in [5.74, 6) is 2.44. The standard InChI is InChI=1S/C17H24N4O2/c22-16(20-6-1-2-7-20)8-13-11-23-12-14-9-21(10-15(13)14)17-18-4-3-5-19-17/h3-5,13-15H,1-2,6-12H2/t13-,14-,15+/m1/s1. The Labute approximate surface area is 136 Å². The summed E-state index contributed by atoms with van der Waals surface area (Å²) in [6, 6.07) is 1.84. The van der Waals surface area contributed by atoms with Crippen LogP contribution in [0, 0.1) is 17.8 Å². The van der Waals surface area contributed by atoms with Gasteiger partial charge >= 0.3 is 0 Å². The van der Waals surface area contributed by atoms with Crippen molar-refractivity contribution in [2.45, 2.75) is 19.3 Å². The normalized spacial score (nSPS) is 30.5. The predicted octanol–water partition coefficient (Wildman–Crippen LogP) is 1.19. The Hall–Kier alpha value is -1.69. The molecular formula is C17H24N4O2. The minimum absolute atomic E-state index is 0.311. The lowest BCUT2D eigenvalue weighted by molar-refractivity contribution is -0.133. The van der Waals surface area contributed by atoms with Gasteiger partial charge in [0.2, 0.25) is 11.9 Å². The van der Waals surface area contributed by atoms with Crippen molar-refractivity contribution >= 4 is 11.9 Å². The molecule has 0 unspecified atom stereocenters. The molecule has 0 aromatic carbocycles. The zero-order chi connectivity index (χ0) is 15.6. The van der Waals surface area contributed by atoms with E-state index in [4.69, 9.17) is 4.74 Å². The topological polar surface area (TPSA) is 58.6 Å². The Morgan fingerprint density at radius 2 is 1.96 bits per heavy atom. The van der Waals surface area contributed by atoms with Crippen molar-refractivity contribution in [3.8, 4) is 0 Å². The average Bonchev–Trinajstić information content (AvgIpc) is 3.26. The van der Waals surface area contributed by atoms with Gasteiger partial charge in [-0.05, 0) is 30.7 Å². The van der Waals surface area contributed by atoms with Gasteiger partial charge in [-0.2, -0.15) is 0 Å². The van der Waals surface area contributed by atoms with Gasteiger partial charge < -0.3 is 14.5 Å². The summed E-state index contributed by atoms with van der Waals surface area (Å²) in [5, 5.41) is 0. The summed E-state index contributed by atoms with van der Waals surface area (Å²) >= 11 is 0. The lowest BCUT2D eigenvalue weighted by Gasteiger charge is -2.33. The smallest absolute Gasteiger partial charge is 0.225 e. The first-order valence-corrected chi connectivity index (χ1v) is 8.69. The third-order valence-corrected chi connectivity index (χ3v) is 5.49. The van der Waals surface area contributed by atoms with Gasteiger partial charge in [0.1, 0.15) is 0 Å². The molecule has 1 amide bonds. The number of hydrogen-bond donors (Lipinski definition) is 0. The summed E-state index contributed by atoms with van der Waals surface area (Å²) < 4.78 is 5.81. The number of ether oxygens (including phenoxy) is 1. The quantitative estimate of drug-likeness (QED) is 0.838. The zero-order valence-electron chi connectivity index (χ0n) is 13.4. The number of aromatic nitrogens is 2. The van der Waals surface area contributed by atoms with Crippen molar-refractivity contribution in [3.05, 3.63) is 18.5 Å². The first kappa shape index (κ1) is 14.9. The highest BCUT2D eigenvalue weighted by Gasteiger charge is 2.42. The van der Waals surface area contributed by atoms with Crippen LogP contribution in [-0.2, 0) is 9.53 Å². The van der Waals surface area contributed by atoms with Crippen LogP contribution in [0.3, 0.4) is 0 Å². The second-order valence-corrected chi connectivity index (χ2v) is 6.97. The van der Waals surface area contributed by atoms with Crippen LogP contribution in [0.5, 0.6) is 0 Å². The Morgan fingerprint density at radius 3 is 2.74 bits per heavy atom. The third kappa shape index (κ3) is 3.04. The number of hydrogen-bond acceptors (Lipinski definition) is 5. The lowest BCUT2D eigenvalue weighted by Crippen LogP contribution is -2.39. The van der Waals surface area contributed by atoms with Crippen LogP contribution >= 0.6 is 0 Å². The summed E-state index contributed by atoms with van der Waals surface area (Å²) in [7, 11) is 0. The Bertz CT molecular complexity index is 547. The molecule has 4 heterocycles. The first-order valence-electron chi connectivity index (χ1n) is 8.69. The van der Waals surface area contributed by atoms with Gasteiger partial charge in [-0.15, -0.1) is 0 Å². The lowest BCUT2D eigenvalue weighted by atomic mass is 9.81. The van der Waals surface area contributed by atoms with E-state index in [2.05, 4.69) is 14.9 Å². The van der Waals surface area contributed by atoms with E-state index in [1.807, 2.05) is 11.0 Å². The van der Waals surface area contributed by atoms with Gasteiger partial charge in [0, 0.05) is 50.9 Å². The molecule has 124 valence electrons. The largest absolute Gasteiger partial charge is 0.381 e. The van der Waals surface area contributed by atoms with Gasteiger partial charge in [-0.25, -0.2) is 9.97 Å². The maximum absolute atomic E-state index is 12.5. The summed E-state index contributed by atoms with van der Waals surface area (Å²) in [5.41, 5.74) is 0. The van der Waals surface area contributed by atoms with Crippen LogP contribution in [0.1, 0.15) is 19.3 Å². The van der Waals surface area contributed by atoms with Crippen molar-refractivity contribution in [1.29, 1.82) is 0 Å². The molecule has 3 fully saturated rings. The van der Waals surface area contributed by atoms with Gasteiger partial charge in [0.25, 0.3) is 0 Å². The molecule has 1 aromatic rings. The van der Waals surface area contributed by atoms with E-state index in [0.29, 0.717) is 36.7 Å². The number of likely N-dealkylation sites (tertiary alicyclic amines) is 1. The molecule has 3 aliphatic heterocycles. The molecule has 0 bridgehead atoms. The average molecular weight is 316 g/mol. The molecule has 0 spiro atoms. The van der Waals surface area contributed by atoms with Crippen LogP contribution in [0.25, 0.3) is 0 Å². The van der Waals surface area contributed by atoms with Gasteiger partial charge in [0.15, 0.2) is 0 Å². The van der Waals surface area contributed by atoms with Crippen molar-refractivity contribution in [2.24, 2.45) is 17.8 Å². The number of carbonyl (C=O) groups excluding carboxylic acids is 1. The van der Waals surface area contributed by atoms with Crippen molar-refractivity contribution < 1.29 is 9.53 Å². The van der Waals surface area contributed by atoms with Crippen LogP contribution in [0.2, 0.25) is 0 Å². The third-order valence-electron chi connectivity index (χ3n) is 5.49. The second-order valence-electron chi connectivity index (χ2n) is 6.97. The number of amides is 1. The molecule has 4 rings (SSSR count). The predicted molar refractivity (Wildman–Crippen MR) is 86.0 cm³/mol. The zero-order valence-corrected chi connectivity index (χ0v) is 13.4. The minimum atomic E-state index is 0.311. The fourth-order valence-electron chi connectivity index (χ4n) is 4.25.